The zero-order chi connectivity index (χ0) is 22.6. The van der Waals surface area contributed by atoms with E-state index in [0.29, 0.717) is 5.92 Å². The van der Waals surface area contributed by atoms with Gasteiger partial charge in [0.05, 0.1) is 0 Å². The van der Waals surface area contributed by atoms with Crippen molar-refractivity contribution in [3.8, 4) is 5.75 Å². The number of allylic oxidation sites excluding steroid dienone is 2. The van der Waals surface area contributed by atoms with E-state index in [-0.39, 0.29) is 5.75 Å². The summed E-state index contributed by atoms with van der Waals surface area (Å²) in [5.74, 6) is 5.01. The van der Waals surface area contributed by atoms with Crippen LogP contribution in [0.25, 0.3) is 0 Å². The Morgan fingerprint density at radius 2 is 1.41 bits per heavy atom. The quantitative estimate of drug-likeness (QED) is 0.394. The molecule has 4 rings (SSSR count). The third-order valence-electron chi connectivity index (χ3n) is 8.76. The highest BCUT2D eigenvalue weighted by Gasteiger charge is 2.38. The van der Waals surface area contributed by atoms with E-state index in [0.717, 1.165) is 35.2 Å². The second-order valence-electron chi connectivity index (χ2n) is 10.6. The molecule has 0 radical (unpaired) electrons. The predicted molar refractivity (Wildman–Crippen MR) is 124 cm³/mol. The summed E-state index contributed by atoms with van der Waals surface area (Å²) in [6, 6.07) is 6.58. The first-order chi connectivity index (χ1) is 15.4. The number of ether oxygens (including phenoxy) is 1. The second-order valence-corrected chi connectivity index (χ2v) is 10.6. The summed E-state index contributed by atoms with van der Waals surface area (Å²) in [7, 11) is 0. The molecule has 0 heterocycles. The number of fused-ring (bicyclic) bond motifs is 1. The lowest BCUT2D eigenvalue weighted by atomic mass is 9.60. The molecule has 1 aromatic rings. The summed E-state index contributed by atoms with van der Waals surface area (Å²) in [5.41, 5.74) is 1.16. The molecule has 3 aliphatic carbocycles. The summed E-state index contributed by atoms with van der Waals surface area (Å²) >= 11 is 0. The van der Waals surface area contributed by atoms with Gasteiger partial charge in [0.1, 0.15) is 5.75 Å². The number of hydrogen-bond acceptors (Lipinski definition) is 1. The fourth-order valence-electron chi connectivity index (χ4n) is 7.08. The Morgan fingerprint density at radius 3 is 2.06 bits per heavy atom. The van der Waals surface area contributed by atoms with Gasteiger partial charge < -0.3 is 4.74 Å². The average Bonchev–Trinajstić information content (AvgIpc) is 2.78. The molecule has 0 aromatic heterocycles. The van der Waals surface area contributed by atoms with E-state index in [1.54, 1.807) is 0 Å². The molecule has 1 nitrogen and oxygen atoms in total. The van der Waals surface area contributed by atoms with E-state index in [1.165, 1.54) is 89.2 Å². The molecule has 178 valence electrons. The third-order valence-corrected chi connectivity index (χ3v) is 8.76. The minimum atomic E-state index is -4.62. The van der Waals surface area contributed by atoms with Gasteiger partial charge in [-0.25, -0.2) is 0 Å². The average molecular weight is 449 g/mol. The van der Waals surface area contributed by atoms with Gasteiger partial charge in [0.2, 0.25) is 0 Å². The maximum atomic E-state index is 12.4. The van der Waals surface area contributed by atoms with Crippen LogP contribution in [0.15, 0.2) is 36.4 Å². The number of rotatable bonds is 6. The molecule has 4 atom stereocenters. The van der Waals surface area contributed by atoms with Crippen molar-refractivity contribution in [3.63, 3.8) is 0 Å². The van der Waals surface area contributed by atoms with Gasteiger partial charge in [0.25, 0.3) is 0 Å². The molecule has 3 saturated carbocycles. The van der Waals surface area contributed by atoms with Crippen LogP contribution in [-0.2, 0) is 0 Å². The van der Waals surface area contributed by atoms with E-state index in [1.807, 2.05) is 12.1 Å². The van der Waals surface area contributed by atoms with Gasteiger partial charge in [-0.05, 0) is 131 Å². The molecule has 3 fully saturated rings. The standard InChI is InChI=1S/C28H39F3O/c1-2-3-4-5-20-6-7-26-19-25(13-12-24(26)18-20)23-10-8-21(9-11-23)22-14-16-27(17-15-22)32-28(29,30)31/h2-3,14-17,20-21,23-26H,4-13,18-19H2,1H3/b3-2+. The number of alkyl halides is 3. The first kappa shape index (κ1) is 23.7. The van der Waals surface area contributed by atoms with Crippen LogP contribution in [0, 0.1) is 29.6 Å². The summed E-state index contributed by atoms with van der Waals surface area (Å²) in [5, 5.41) is 0. The van der Waals surface area contributed by atoms with Crippen LogP contribution in [-0.4, -0.2) is 6.36 Å². The highest BCUT2D eigenvalue weighted by atomic mass is 19.4. The van der Waals surface area contributed by atoms with Crippen molar-refractivity contribution < 1.29 is 17.9 Å². The topological polar surface area (TPSA) is 9.23 Å². The monoisotopic (exact) mass is 448 g/mol. The summed E-state index contributed by atoms with van der Waals surface area (Å²) in [6.07, 6.45) is 16.1. The van der Waals surface area contributed by atoms with Crippen LogP contribution in [0.4, 0.5) is 13.2 Å². The Bertz CT molecular complexity index is 730. The lowest BCUT2D eigenvalue weighted by Gasteiger charge is -2.45. The van der Waals surface area contributed by atoms with Crippen molar-refractivity contribution in [2.24, 2.45) is 29.6 Å². The van der Waals surface area contributed by atoms with E-state index >= 15 is 0 Å². The fraction of sp³-hybridized carbons (Fsp3) is 0.714. The van der Waals surface area contributed by atoms with Crippen LogP contribution in [0.3, 0.4) is 0 Å². The van der Waals surface area contributed by atoms with Crippen molar-refractivity contribution in [2.75, 3.05) is 0 Å². The molecule has 1 aromatic carbocycles. The zero-order valence-electron chi connectivity index (χ0n) is 19.5. The maximum Gasteiger partial charge on any atom is 0.573 e. The van der Waals surface area contributed by atoms with Gasteiger partial charge in [-0.1, -0.05) is 30.7 Å². The molecular weight excluding hydrogens is 409 g/mol. The van der Waals surface area contributed by atoms with Crippen LogP contribution >= 0.6 is 0 Å². The van der Waals surface area contributed by atoms with Crippen molar-refractivity contribution in [2.45, 2.75) is 96.3 Å². The Hall–Kier alpha value is -1.45. The summed E-state index contributed by atoms with van der Waals surface area (Å²) < 4.78 is 41.1. The maximum absolute atomic E-state index is 12.4. The first-order valence-electron chi connectivity index (χ1n) is 12.9. The van der Waals surface area contributed by atoms with E-state index in [2.05, 4.69) is 23.8 Å². The Labute approximate surface area is 191 Å². The number of hydrogen-bond donors (Lipinski definition) is 0. The molecule has 32 heavy (non-hydrogen) atoms. The first-order valence-corrected chi connectivity index (χ1v) is 12.9. The van der Waals surface area contributed by atoms with Crippen LogP contribution in [0.5, 0.6) is 5.75 Å². The Balaban J connectivity index is 1.22. The minimum absolute atomic E-state index is 0.122. The Kier molecular flexibility index (Phi) is 7.89. The molecule has 4 unspecified atom stereocenters. The lowest BCUT2D eigenvalue weighted by molar-refractivity contribution is -0.274. The van der Waals surface area contributed by atoms with Crippen LogP contribution in [0.1, 0.15) is 95.5 Å². The summed E-state index contributed by atoms with van der Waals surface area (Å²) in [4.78, 5) is 0. The van der Waals surface area contributed by atoms with Crippen LogP contribution in [0.2, 0.25) is 0 Å². The smallest absolute Gasteiger partial charge is 0.406 e. The number of benzene rings is 1. The van der Waals surface area contributed by atoms with Crippen LogP contribution < -0.4 is 4.74 Å². The number of halogens is 3. The van der Waals surface area contributed by atoms with Gasteiger partial charge in [-0.3, -0.25) is 0 Å². The molecule has 0 aliphatic heterocycles. The molecule has 3 aliphatic rings. The molecular formula is C28H39F3O. The van der Waals surface area contributed by atoms with Gasteiger partial charge in [-0.2, -0.15) is 0 Å². The van der Waals surface area contributed by atoms with E-state index < -0.39 is 6.36 Å². The predicted octanol–water partition coefficient (Wildman–Crippen LogP) is 9.05. The van der Waals surface area contributed by atoms with Gasteiger partial charge in [0.15, 0.2) is 0 Å². The fourth-order valence-corrected chi connectivity index (χ4v) is 7.08. The van der Waals surface area contributed by atoms with Crippen molar-refractivity contribution >= 4 is 0 Å². The summed E-state index contributed by atoms with van der Waals surface area (Å²) in [6.45, 7) is 2.12. The molecule has 0 amide bonds. The van der Waals surface area contributed by atoms with Crippen molar-refractivity contribution in [1.29, 1.82) is 0 Å². The normalized spacial score (nSPS) is 33.8. The van der Waals surface area contributed by atoms with Crippen molar-refractivity contribution in [1.82, 2.24) is 0 Å². The second kappa shape index (κ2) is 10.7. The SMILES string of the molecule is C/C=C/CCC1CCC2CC(C3CCC(c4ccc(OC(F)(F)F)cc4)CC3)CCC2C1. The van der Waals surface area contributed by atoms with Gasteiger partial charge in [-0.15, -0.1) is 13.2 Å². The third kappa shape index (κ3) is 6.32. The molecule has 0 spiro atoms. The van der Waals surface area contributed by atoms with E-state index in [9.17, 15) is 13.2 Å². The van der Waals surface area contributed by atoms with Crippen molar-refractivity contribution in [3.05, 3.63) is 42.0 Å². The molecule has 4 heteroatoms. The molecule has 0 bridgehead atoms. The van der Waals surface area contributed by atoms with Gasteiger partial charge >= 0.3 is 6.36 Å². The van der Waals surface area contributed by atoms with E-state index in [4.69, 9.17) is 0 Å². The zero-order valence-corrected chi connectivity index (χ0v) is 19.5. The van der Waals surface area contributed by atoms with Gasteiger partial charge in [0, 0.05) is 0 Å². The highest BCUT2D eigenvalue weighted by molar-refractivity contribution is 5.29. The lowest BCUT2D eigenvalue weighted by Crippen LogP contribution is -2.34. The molecule has 0 N–H and O–H groups in total. The molecule has 0 saturated heterocycles. The largest absolute Gasteiger partial charge is 0.573 e. The minimum Gasteiger partial charge on any atom is -0.406 e. The highest BCUT2D eigenvalue weighted by Crippen LogP contribution is 2.50. The Morgan fingerprint density at radius 1 is 0.812 bits per heavy atom.